The third-order valence-corrected chi connectivity index (χ3v) is 1.62. The van der Waals surface area contributed by atoms with Crippen LogP contribution < -0.4 is 10.2 Å². The lowest BCUT2D eigenvalue weighted by atomic mass is 9.80. The molecule has 0 aliphatic rings. The molecule has 0 fully saturated rings. The van der Waals surface area contributed by atoms with E-state index in [2.05, 4.69) is 0 Å². The minimum Gasteiger partial charge on any atom is -0.491 e. The summed E-state index contributed by atoms with van der Waals surface area (Å²) in [6, 6.07) is 3.92. The molecule has 76 valence electrons. The van der Waals surface area contributed by atoms with Crippen LogP contribution in [0.1, 0.15) is 13.8 Å². The summed E-state index contributed by atoms with van der Waals surface area (Å²) in [5, 5.41) is 17.5. The predicted molar refractivity (Wildman–Crippen MR) is 52.0 cm³/mol. The van der Waals surface area contributed by atoms with E-state index in [1.54, 1.807) is 0 Å². The average molecular weight is 198 g/mol. The maximum absolute atomic E-state index is 13.2. The van der Waals surface area contributed by atoms with Gasteiger partial charge in [-0.2, -0.15) is 0 Å². The second-order valence-electron chi connectivity index (χ2n) is 3.22. The van der Waals surface area contributed by atoms with Gasteiger partial charge in [-0.3, -0.25) is 0 Å². The summed E-state index contributed by atoms with van der Waals surface area (Å²) < 4.78 is 18.4. The van der Waals surface area contributed by atoms with Crippen molar-refractivity contribution in [3.63, 3.8) is 0 Å². The normalized spacial score (nSPS) is 10.4. The fourth-order valence-corrected chi connectivity index (χ4v) is 1.06. The summed E-state index contributed by atoms with van der Waals surface area (Å²) in [5.41, 5.74) is -0.152. The van der Waals surface area contributed by atoms with Crippen molar-refractivity contribution in [2.24, 2.45) is 0 Å². The molecule has 3 nitrogen and oxygen atoms in total. The SMILES string of the molecule is CC(C)Oc1ccc(B(O)O)c(F)c1. The summed E-state index contributed by atoms with van der Waals surface area (Å²) in [7, 11) is -1.79. The Morgan fingerprint density at radius 1 is 1.36 bits per heavy atom. The molecule has 0 radical (unpaired) electrons. The number of hydrogen-bond donors (Lipinski definition) is 2. The van der Waals surface area contributed by atoms with E-state index in [0.717, 1.165) is 6.07 Å². The molecular weight excluding hydrogens is 186 g/mol. The highest BCUT2D eigenvalue weighted by Gasteiger charge is 2.16. The highest BCUT2D eigenvalue weighted by atomic mass is 19.1. The lowest BCUT2D eigenvalue weighted by molar-refractivity contribution is 0.241. The van der Waals surface area contributed by atoms with Gasteiger partial charge in [0.25, 0.3) is 0 Å². The van der Waals surface area contributed by atoms with E-state index < -0.39 is 12.9 Å². The molecule has 0 aromatic heterocycles. The number of hydrogen-bond acceptors (Lipinski definition) is 3. The van der Waals surface area contributed by atoms with E-state index in [-0.39, 0.29) is 11.6 Å². The molecule has 1 aromatic carbocycles. The second-order valence-corrected chi connectivity index (χ2v) is 3.22. The molecule has 2 N–H and O–H groups in total. The maximum Gasteiger partial charge on any atom is 0.491 e. The molecule has 0 atom stereocenters. The van der Waals surface area contributed by atoms with Crippen LogP contribution in [-0.4, -0.2) is 23.3 Å². The monoisotopic (exact) mass is 198 g/mol. The largest absolute Gasteiger partial charge is 0.491 e. The summed E-state index contributed by atoms with van der Waals surface area (Å²) in [4.78, 5) is 0. The summed E-state index contributed by atoms with van der Waals surface area (Å²) in [6.45, 7) is 3.65. The zero-order valence-corrected chi connectivity index (χ0v) is 8.07. The highest BCUT2D eigenvalue weighted by Crippen LogP contribution is 2.12. The molecule has 0 aliphatic heterocycles. The van der Waals surface area contributed by atoms with Crippen LogP contribution in [0.15, 0.2) is 18.2 Å². The highest BCUT2D eigenvalue weighted by molar-refractivity contribution is 6.58. The first-order valence-electron chi connectivity index (χ1n) is 4.33. The number of benzene rings is 1. The third kappa shape index (κ3) is 2.72. The van der Waals surface area contributed by atoms with Gasteiger partial charge in [-0.05, 0) is 19.9 Å². The number of rotatable bonds is 3. The summed E-state index contributed by atoms with van der Waals surface area (Å²) in [6.07, 6.45) is -0.0423. The van der Waals surface area contributed by atoms with Gasteiger partial charge in [0, 0.05) is 11.5 Å². The van der Waals surface area contributed by atoms with Crippen LogP contribution in [0.2, 0.25) is 0 Å². The van der Waals surface area contributed by atoms with E-state index in [0.29, 0.717) is 5.75 Å². The Morgan fingerprint density at radius 2 is 2.00 bits per heavy atom. The van der Waals surface area contributed by atoms with Crippen molar-refractivity contribution in [3.8, 4) is 5.75 Å². The Hall–Kier alpha value is -1.07. The van der Waals surface area contributed by atoms with Gasteiger partial charge in [-0.15, -0.1) is 0 Å². The van der Waals surface area contributed by atoms with Crippen LogP contribution in [0.3, 0.4) is 0 Å². The Kier molecular flexibility index (Phi) is 3.49. The minimum atomic E-state index is -1.79. The van der Waals surface area contributed by atoms with Crippen molar-refractivity contribution in [2.45, 2.75) is 20.0 Å². The maximum atomic E-state index is 13.2. The molecule has 0 amide bonds. The topological polar surface area (TPSA) is 49.7 Å². The number of halogens is 1. The summed E-state index contributed by atoms with van der Waals surface area (Å²) in [5.74, 6) is -0.306. The summed E-state index contributed by atoms with van der Waals surface area (Å²) >= 11 is 0. The molecule has 1 aromatic rings. The van der Waals surface area contributed by atoms with Crippen LogP contribution in [0, 0.1) is 5.82 Å². The van der Waals surface area contributed by atoms with Crippen LogP contribution in [0.4, 0.5) is 4.39 Å². The van der Waals surface area contributed by atoms with Crippen molar-refractivity contribution < 1.29 is 19.2 Å². The fourth-order valence-electron chi connectivity index (χ4n) is 1.06. The molecule has 0 unspecified atom stereocenters. The zero-order valence-electron chi connectivity index (χ0n) is 8.07. The van der Waals surface area contributed by atoms with Crippen LogP contribution >= 0.6 is 0 Å². The van der Waals surface area contributed by atoms with E-state index in [1.807, 2.05) is 13.8 Å². The molecule has 0 spiro atoms. The molecule has 14 heavy (non-hydrogen) atoms. The Bertz CT molecular complexity index is 315. The molecular formula is C9H12BFO3. The Labute approximate surface area is 82.3 Å². The molecule has 0 saturated carbocycles. The van der Waals surface area contributed by atoms with Crippen molar-refractivity contribution in [3.05, 3.63) is 24.0 Å². The van der Waals surface area contributed by atoms with Gasteiger partial charge in [-0.1, -0.05) is 6.07 Å². The van der Waals surface area contributed by atoms with E-state index >= 15 is 0 Å². The van der Waals surface area contributed by atoms with Crippen molar-refractivity contribution in [1.29, 1.82) is 0 Å². The zero-order chi connectivity index (χ0) is 10.7. The first-order valence-corrected chi connectivity index (χ1v) is 4.33. The van der Waals surface area contributed by atoms with E-state index in [1.165, 1.54) is 12.1 Å². The van der Waals surface area contributed by atoms with E-state index in [4.69, 9.17) is 14.8 Å². The number of ether oxygens (including phenoxy) is 1. The van der Waals surface area contributed by atoms with Gasteiger partial charge < -0.3 is 14.8 Å². The first-order chi connectivity index (χ1) is 6.50. The second kappa shape index (κ2) is 4.44. The van der Waals surface area contributed by atoms with Gasteiger partial charge in [0.2, 0.25) is 0 Å². The van der Waals surface area contributed by atoms with Crippen LogP contribution in [0.25, 0.3) is 0 Å². The van der Waals surface area contributed by atoms with E-state index in [9.17, 15) is 4.39 Å². The minimum absolute atomic E-state index is 0.0423. The van der Waals surface area contributed by atoms with Gasteiger partial charge in [0.1, 0.15) is 11.6 Å². The molecule has 0 bridgehead atoms. The third-order valence-electron chi connectivity index (χ3n) is 1.62. The van der Waals surface area contributed by atoms with Crippen molar-refractivity contribution in [2.75, 3.05) is 0 Å². The Morgan fingerprint density at radius 3 is 2.43 bits per heavy atom. The van der Waals surface area contributed by atoms with Gasteiger partial charge >= 0.3 is 7.12 Å². The standard InChI is InChI=1S/C9H12BFO3/c1-6(2)14-7-3-4-8(10(12)13)9(11)5-7/h3-6,12-13H,1-2H3. The smallest absolute Gasteiger partial charge is 0.491 e. The quantitative estimate of drug-likeness (QED) is 0.686. The first kappa shape index (κ1) is 11.0. The van der Waals surface area contributed by atoms with Crippen molar-refractivity contribution in [1.82, 2.24) is 0 Å². The van der Waals surface area contributed by atoms with Gasteiger partial charge in [-0.25, -0.2) is 4.39 Å². The van der Waals surface area contributed by atoms with Gasteiger partial charge in [0.05, 0.1) is 6.10 Å². The molecule has 1 rings (SSSR count). The average Bonchev–Trinajstić information content (AvgIpc) is 2.01. The molecule has 0 heterocycles. The van der Waals surface area contributed by atoms with Gasteiger partial charge in [0.15, 0.2) is 0 Å². The lowest BCUT2D eigenvalue weighted by Crippen LogP contribution is -2.32. The van der Waals surface area contributed by atoms with Crippen LogP contribution in [0.5, 0.6) is 5.75 Å². The fraction of sp³-hybridized carbons (Fsp3) is 0.333. The van der Waals surface area contributed by atoms with Crippen molar-refractivity contribution >= 4 is 12.6 Å². The Balaban J connectivity index is 2.89. The molecule has 0 aliphatic carbocycles. The molecule has 0 saturated heterocycles. The molecule has 5 heteroatoms. The lowest BCUT2D eigenvalue weighted by Gasteiger charge is -2.10. The predicted octanol–water partition coefficient (Wildman–Crippen LogP) is 0.293. The van der Waals surface area contributed by atoms with Crippen LogP contribution in [-0.2, 0) is 0 Å².